The average Bonchev–Trinajstić information content (AvgIpc) is 2.97. The van der Waals surface area contributed by atoms with Crippen LogP contribution in [0.4, 0.5) is 4.79 Å². The fourth-order valence-electron chi connectivity index (χ4n) is 2.65. The van der Waals surface area contributed by atoms with Gasteiger partial charge in [-0.3, -0.25) is 0 Å². The van der Waals surface area contributed by atoms with Gasteiger partial charge in [-0.05, 0) is 12.8 Å². The Morgan fingerprint density at radius 1 is 1.47 bits per heavy atom. The van der Waals surface area contributed by atoms with Crippen LogP contribution < -0.4 is 0 Å². The molecule has 7 heteroatoms. The number of ether oxygens (including phenoxy) is 1. The Kier molecular flexibility index (Phi) is 4.26. The third kappa shape index (κ3) is 3.16. The predicted molar refractivity (Wildman–Crippen MR) is 65.8 cm³/mol. The second-order valence-electron chi connectivity index (χ2n) is 5.19. The van der Waals surface area contributed by atoms with Gasteiger partial charge in [0.2, 0.25) is 0 Å². The number of aliphatic hydroxyl groups is 1. The van der Waals surface area contributed by atoms with Gasteiger partial charge >= 0.3 is 12.0 Å². The summed E-state index contributed by atoms with van der Waals surface area (Å²) in [4.78, 5) is 26.0. The highest BCUT2D eigenvalue weighted by atomic mass is 16.5. The number of β-amino-alcohol motifs (C(OH)–C–C–N with tert-alkyl or cyclic N) is 1. The molecular weight excluding hydrogens is 252 g/mol. The SMILES string of the molecule is CN(CC1CCCO1)C(=O)N1CC(O)CC1C(=O)O. The fourth-order valence-corrected chi connectivity index (χ4v) is 2.65. The molecule has 2 amide bonds. The number of rotatable bonds is 3. The molecule has 0 aromatic rings. The van der Waals surface area contributed by atoms with Crippen LogP contribution in [0.1, 0.15) is 19.3 Å². The van der Waals surface area contributed by atoms with Crippen molar-refractivity contribution in [3.8, 4) is 0 Å². The molecule has 7 nitrogen and oxygen atoms in total. The smallest absolute Gasteiger partial charge is 0.326 e. The van der Waals surface area contributed by atoms with Gasteiger partial charge in [-0.2, -0.15) is 0 Å². The Morgan fingerprint density at radius 2 is 2.21 bits per heavy atom. The predicted octanol–water partition coefficient (Wildman–Crippen LogP) is -0.263. The molecule has 0 aliphatic carbocycles. The van der Waals surface area contributed by atoms with E-state index in [1.165, 1.54) is 9.80 Å². The van der Waals surface area contributed by atoms with Crippen molar-refractivity contribution in [2.45, 2.75) is 37.5 Å². The largest absolute Gasteiger partial charge is 0.480 e. The number of likely N-dealkylation sites (N-methyl/N-ethyl adjacent to an activating group) is 1. The van der Waals surface area contributed by atoms with Crippen molar-refractivity contribution in [1.29, 1.82) is 0 Å². The molecule has 0 saturated carbocycles. The van der Waals surface area contributed by atoms with Gasteiger partial charge in [-0.25, -0.2) is 9.59 Å². The maximum Gasteiger partial charge on any atom is 0.326 e. The van der Waals surface area contributed by atoms with E-state index >= 15 is 0 Å². The molecule has 2 rings (SSSR count). The number of carbonyl (C=O) groups excluding carboxylic acids is 1. The van der Waals surface area contributed by atoms with E-state index in [0.29, 0.717) is 13.2 Å². The number of aliphatic hydroxyl groups excluding tert-OH is 1. The standard InChI is InChI=1S/C12H20N2O5/c1-13(7-9-3-2-4-19-9)12(18)14-6-8(15)5-10(14)11(16)17/h8-10,15H,2-7H2,1H3,(H,16,17). The van der Waals surface area contributed by atoms with Gasteiger partial charge in [0.05, 0.1) is 12.2 Å². The van der Waals surface area contributed by atoms with Crippen LogP contribution in [0, 0.1) is 0 Å². The van der Waals surface area contributed by atoms with E-state index in [9.17, 15) is 14.7 Å². The van der Waals surface area contributed by atoms with Crippen molar-refractivity contribution in [2.75, 3.05) is 26.7 Å². The van der Waals surface area contributed by atoms with E-state index in [2.05, 4.69) is 0 Å². The number of urea groups is 1. The summed E-state index contributed by atoms with van der Waals surface area (Å²) in [6.45, 7) is 1.25. The molecule has 0 aromatic heterocycles. The summed E-state index contributed by atoms with van der Waals surface area (Å²) in [7, 11) is 1.63. The summed E-state index contributed by atoms with van der Waals surface area (Å²) in [6.07, 6.45) is 1.27. The van der Waals surface area contributed by atoms with Crippen molar-refractivity contribution in [3.05, 3.63) is 0 Å². The Balaban J connectivity index is 1.95. The van der Waals surface area contributed by atoms with Gasteiger partial charge in [-0.1, -0.05) is 0 Å². The summed E-state index contributed by atoms with van der Waals surface area (Å²) < 4.78 is 5.45. The number of carboxylic acid groups (broad SMARTS) is 1. The summed E-state index contributed by atoms with van der Waals surface area (Å²) in [5, 5.41) is 18.6. The van der Waals surface area contributed by atoms with Gasteiger partial charge in [0.15, 0.2) is 0 Å². The highest BCUT2D eigenvalue weighted by Crippen LogP contribution is 2.20. The Labute approximate surface area is 111 Å². The first kappa shape index (κ1) is 14.1. The zero-order chi connectivity index (χ0) is 14.0. The molecule has 3 atom stereocenters. The maximum absolute atomic E-state index is 12.2. The normalized spacial score (nSPS) is 30.6. The Hall–Kier alpha value is -1.34. The van der Waals surface area contributed by atoms with E-state index in [1.54, 1.807) is 7.05 Å². The van der Waals surface area contributed by atoms with Crippen molar-refractivity contribution in [1.82, 2.24) is 9.80 Å². The molecule has 0 radical (unpaired) electrons. The van der Waals surface area contributed by atoms with Crippen LogP contribution in [0.15, 0.2) is 0 Å². The zero-order valence-electron chi connectivity index (χ0n) is 11.0. The fraction of sp³-hybridized carbons (Fsp3) is 0.833. The number of hydrogen-bond donors (Lipinski definition) is 2. The van der Waals surface area contributed by atoms with Crippen molar-refractivity contribution in [3.63, 3.8) is 0 Å². The minimum atomic E-state index is -1.07. The van der Waals surface area contributed by atoms with Crippen LogP contribution >= 0.6 is 0 Å². The van der Waals surface area contributed by atoms with Crippen LogP contribution in [0.2, 0.25) is 0 Å². The van der Waals surface area contributed by atoms with E-state index < -0.39 is 18.1 Å². The third-order valence-electron chi connectivity index (χ3n) is 3.64. The number of amides is 2. The summed E-state index contributed by atoms with van der Waals surface area (Å²) in [6, 6.07) is -1.30. The molecule has 0 aromatic carbocycles. The molecule has 3 unspecified atom stereocenters. The number of likely N-dealkylation sites (tertiary alicyclic amines) is 1. The van der Waals surface area contributed by atoms with Gasteiger partial charge in [-0.15, -0.1) is 0 Å². The number of aliphatic carboxylic acids is 1. The lowest BCUT2D eigenvalue weighted by Gasteiger charge is -2.28. The lowest BCUT2D eigenvalue weighted by atomic mass is 10.2. The van der Waals surface area contributed by atoms with Crippen molar-refractivity contribution in [2.24, 2.45) is 0 Å². The summed E-state index contributed by atoms with van der Waals surface area (Å²) in [5.41, 5.74) is 0. The molecule has 2 saturated heterocycles. The van der Waals surface area contributed by atoms with E-state index in [4.69, 9.17) is 9.84 Å². The second kappa shape index (κ2) is 5.75. The lowest BCUT2D eigenvalue weighted by molar-refractivity contribution is -0.141. The minimum Gasteiger partial charge on any atom is -0.480 e. The van der Waals surface area contributed by atoms with E-state index in [1.807, 2.05) is 0 Å². The quantitative estimate of drug-likeness (QED) is 0.738. The number of hydrogen-bond acceptors (Lipinski definition) is 4. The molecular formula is C12H20N2O5. The molecule has 2 N–H and O–H groups in total. The van der Waals surface area contributed by atoms with Gasteiger partial charge in [0, 0.05) is 33.2 Å². The van der Waals surface area contributed by atoms with Gasteiger partial charge < -0.3 is 24.7 Å². The number of carbonyl (C=O) groups is 2. The number of carboxylic acids is 1. The third-order valence-corrected chi connectivity index (χ3v) is 3.64. The number of nitrogens with zero attached hydrogens (tertiary/aromatic N) is 2. The average molecular weight is 272 g/mol. The highest BCUT2D eigenvalue weighted by Gasteiger charge is 2.40. The van der Waals surface area contributed by atoms with E-state index in [-0.39, 0.29) is 25.1 Å². The molecule has 0 bridgehead atoms. The minimum absolute atomic E-state index is 0.0322. The van der Waals surface area contributed by atoms with Crippen LogP contribution in [0.25, 0.3) is 0 Å². The molecule has 108 valence electrons. The zero-order valence-corrected chi connectivity index (χ0v) is 11.0. The first-order chi connectivity index (χ1) is 8.99. The first-order valence-corrected chi connectivity index (χ1v) is 6.53. The summed E-state index contributed by atoms with van der Waals surface area (Å²) in [5.74, 6) is -1.07. The molecule has 0 spiro atoms. The van der Waals surface area contributed by atoms with E-state index in [0.717, 1.165) is 12.8 Å². The van der Waals surface area contributed by atoms with Crippen LogP contribution in [-0.2, 0) is 9.53 Å². The van der Waals surface area contributed by atoms with Crippen molar-refractivity contribution < 1.29 is 24.5 Å². The van der Waals surface area contributed by atoms with Crippen molar-refractivity contribution >= 4 is 12.0 Å². The topological polar surface area (TPSA) is 90.3 Å². The lowest BCUT2D eigenvalue weighted by Crippen LogP contribution is -2.48. The summed E-state index contributed by atoms with van der Waals surface area (Å²) >= 11 is 0. The van der Waals surface area contributed by atoms with Gasteiger partial charge in [0.25, 0.3) is 0 Å². The van der Waals surface area contributed by atoms with Gasteiger partial charge in [0.1, 0.15) is 6.04 Å². The molecule has 2 fully saturated rings. The molecule has 2 aliphatic heterocycles. The monoisotopic (exact) mass is 272 g/mol. The highest BCUT2D eigenvalue weighted by molar-refractivity contribution is 5.83. The second-order valence-corrected chi connectivity index (χ2v) is 5.19. The molecule has 2 heterocycles. The Bertz CT molecular complexity index is 356. The first-order valence-electron chi connectivity index (χ1n) is 6.53. The van der Waals surface area contributed by atoms with Crippen LogP contribution in [0.3, 0.4) is 0 Å². The maximum atomic E-state index is 12.2. The van der Waals surface area contributed by atoms with Crippen LogP contribution in [-0.4, -0.2) is 77.0 Å². The molecule has 19 heavy (non-hydrogen) atoms. The Morgan fingerprint density at radius 3 is 2.79 bits per heavy atom. The molecule has 2 aliphatic rings. The van der Waals surface area contributed by atoms with Crippen LogP contribution in [0.5, 0.6) is 0 Å².